The first-order valence-corrected chi connectivity index (χ1v) is 9.59. The number of halogens is 1. The van der Waals surface area contributed by atoms with Crippen LogP contribution >= 0.6 is 11.6 Å². The number of hydrogen-bond acceptors (Lipinski definition) is 2. The number of likely N-dealkylation sites (tertiary alicyclic amines) is 1. The van der Waals surface area contributed by atoms with E-state index >= 15 is 0 Å². The van der Waals surface area contributed by atoms with Gasteiger partial charge in [-0.1, -0.05) is 35.9 Å². The first kappa shape index (κ1) is 19.2. The smallest absolute Gasteiger partial charge is 0.319 e. The first-order valence-electron chi connectivity index (χ1n) is 9.21. The molecule has 27 heavy (non-hydrogen) atoms. The van der Waals surface area contributed by atoms with Crippen molar-refractivity contribution in [3.05, 3.63) is 64.7 Å². The molecular formula is C21H24ClN3O2. The summed E-state index contributed by atoms with van der Waals surface area (Å²) >= 11 is 5.85. The molecule has 142 valence electrons. The van der Waals surface area contributed by atoms with Gasteiger partial charge in [0, 0.05) is 30.2 Å². The van der Waals surface area contributed by atoms with Gasteiger partial charge in [-0.3, -0.25) is 4.79 Å². The average Bonchev–Trinajstić information content (AvgIpc) is 2.68. The van der Waals surface area contributed by atoms with Gasteiger partial charge in [0.15, 0.2) is 0 Å². The van der Waals surface area contributed by atoms with E-state index in [1.165, 1.54) is 0 Å². The molecule has 5 nitrogen and oxygen atoms in total. The maximum absolute atomic E-state index is 12.1. The number of piperidine rings is 1. The second kappa shape index (κ2) is 8.91. The third-order valence-corrected chi connectivity index (χ3v) is 5.10. The van der Waals surface area contributed by atoms with E-state index in [1.54, 1.807) is 12.1 Å². The lowest BCUT2D eigenvalue weighted by molar-refractivity contribution is -0.135. The van der Waals surface area contributed by atoms with Gasteiger partial charge in [-0.15, -0.1) is 0 Å². The predicted molar refractivity (Wildman–Crippen MR) is 108 cm³/mol. The number of rotatable bonds is 5. The summed E-state index contributed by atoms with van der Waals surface area (Å²) in [5.41, 5.74) is 2.76. The molecule has 0 radical (unpaired) electrons. The second-order valence-corrected chi connectivity index (χ2v) is 7.21. The Kier molecular flexibility index (Phi) is 6.35. The number of urea groups is 1. The first-order chi connectivity index (χ1) is 13.0. The molecule has 0 aliphatic carbocycles. The van der Waals surface area contributed by atoms with Crippen LogP contribution in [-0.2, 0) is 11.3 Å². The van der Waals surface area contributed by atoms with Crippen molar-refractivity contribution in [3.63, 3.8) is 0 Å². The highest BCUT2D eigenvalue weighted by Gasteiger charge is 2.23. The SMILES string of the molecule is C[C@H](c1ccc(NC(=O)NCc2ccc(Cl)cc2)cc1)N1CCCCC1=O. The summed E-state index contributed by atoms with van der Waals surface area (Å²) in [6.45, 7) is 3.28. The topological polar surface area (TPSA) is 61.4 Å². The Balaban J connectivity index is 1.53. The van der Waals surface area contributed by atoms with Gasteiger partial charge in [0.2, 0.25) is 5.91 Å². The fourth-order valence-corrected chi connectivity index (χ4v) is 3.35. The molecule has 2 aromatic rings. The standard InChI is InChI=1S/C21H24ClN3O2/c1-15(25-13-3-2-4-20(25)26)17-7-11-19(12-8-17)24-21(27)23-14-16-5-9-18(22)10-6-16/h5-12,15H,2-4,13-14H2,1H3,(H2,23,24,27)/t15-/m1/s1. The van der Waals surface area contributed by atoms with E-state index in [0.717, 1.165) is 30.5 Å². The molecule has 1 heterocycles. The van der Waals surface area contributed by atoms with Gasteiger partial charge >= 0.3 is 6.03 Å². The van der Waals surface area contributed by atoms with E-state index in [9.17, 15) is 9.59 Å². The zero-order chi connectivity index (χ0) is 19.2. The third kappa shape index (κ3) is 5.23. The lowest BCUT2D eigenvalue weighted by Crippen LogP contribution is -2.37. The van der Waals surface area contributed by atoms with E-state index in [1.807, 2.05) is 48.2 Å². The molecule has 0 aromatic heterocycles. The van der Waals surface area contributed by atoms with E-state index < -0.39 is 0 Å². The molecular weight excluding hydrogens is 362 g/mol. The Bertz CT molecular complexity index is 790. The number of benzene rings is 2. The van der Waals surface area contributed by atoms with Gasteiger partial charge in [-0.2, -0.15) is 0 Å². The molecule has 6 heteroatoms. The van der Waals surface area contributed by atoms with Crippen LogP contribution in [0.25, 0.3) is 0 Å². The van der Waals surface area contributed by atoms with Crippen LogP contribution in [0, 0.1) is 0 Å². The highest BCUT2D eigenvalue weighted by molar-refractivity contribution is 6.30. The lowest BCUT2D eigenvalue weighted by atomic mass is 10.0. The maximum Gasteiger partial charge on any atom is 0.319 e. The van der Waals surface area contributed by atoms with Gasteiger partial charge < -0.3 is 15.5 Å². The zero-order valence-corrected chi connectivity index (χ0v) is 16.1. The minimum Gasteiger partial charge on any atom is -0.336 e. The monoisotopic (exact) mass is 385 g/mol. The van der Waals surface area contributed by atoms with E-state index in [0.29, 0.717) is 23.7 Å². The molecule has 1 fully saturated rings. The van der Waals surface area contributed by atoms with Crippen LogP contribution in [0.5, 0.6) is 0 Å². The summed E-state index contributed by atoms with van der Waals surface area (Å²) in [4.78, 5) is 26.1. The molecule has 0 saturated carbocycles. The highest BCUT2D eigenvalue weighted by Crippen LogP contribution is 2.25. The minimum absolute atomic E-state index is 0.0468. The van der Waals surface area contributed by atoms with Crippen LogP contribution in [0.4, 0.5) is 10.5 Å². The van der Waals surface area contributed by atoms with Crippen molar-refractivity contribution in [2.75, 3.05) is 11.9 Å². The second-order valence-electron chi connectivity index (χ2n) is 6.78. The largest absolute Gasteiger partial charge is 0.336 e. The molecule has 2 N–H and O–H groups in total. The van der Waals surface area contributed by atoms with Crippen molar-refractivity contribution in [2.45, 2.75) is 38.8 Å². The Morgan fingerprint density at radius 1 is 1.11 bits per heavy atom. The zero-order valence-electron chi connectivity index (χ0n) is 15.4. The summed E-state index contributed by atoms with van der Waals surface area (Å²) < 4.78 is 0. The van der Waals surface area contributed by atoms with Crippen LogP contribution < -0.4 is 10.6 Å². The number of amides is 3. The molecule has 0 unspecified atom stereocenters. The van der Waals surface area contributed by atoms with E-state index in [-0.39, 0.29) is 18.0 Å². The number of carbonyl (C=O) groups is 2. The van der Waals surface area contributed by atoms with Crippen LogP contribution in [0.1, 0.15) is 43.4 Å². The Morgan fingerprint density at radius 3 is 2.48 bits per heavy atom. The summed E-state index contributed by atoms with van der Waals surface area (Å²) in [7, 11) is 0. The van der Waals surface area contributed by atoms with Crippen molar-refractivity contribution in [1.82, 2.24) is 10.2 Å². The molecule has 1 aliphatic heterocycles. The minimum atomic E-state index is -0.267. The van der Waals surface area contributed by atoms with Gasteiger partial charge in [-0.05, 0) is 55.2 Å². The van der Waals surface area contributed by atoms with Gasteiger partial charge in [-0.25, -0.2) is 4.79 Å². The van der Waals surface area contributed by atoms with Crippen molar-refractivity contribution in [1.29, 1.82) is 0 Å². The van der Waals surface area contributed by atoms with Gasteiger partial charge in [0.05, 0.1) is 6.04 Å². The summed E-state index contributed by atoms with van der Waals surface area (Å²) in [6, 6.07) is 14.8. The molecule has 3 rings (SSSR count). The molecule has 0 spiro atoms. The fourth-order valence-electron chi connectivity index (χ4n) is 3.22. The third-order valence-electron chi connectivity index (χ3n) is 4.84. The molecule has 1 saturated heterocycles. The van der Waals surface area contributed by atoms with Crippen molar-refractivity contribution >= 4 is 29.2 Å². The van der Waals surface area contributed by atoms with Gasteiger partial charge in [0.25, 0.3) is 0 Å². The fraction of sp³-hybridized carbons (Fsp3) is 0.333. The Hall–Kier alpha value is -2.53. The van der Waals surface area contributed by atoms with Crippen molar-refractivity contribution in [3.8, 4) is 0 Å². The van der Waals surface area contributed by atoms with Crippen molar-refractivity contribution in [2.24, 2.45) is 0 Å². The van der Waals surface area contributed by atoms with E-state index in [4.69, 9.17) is 11.6 Å². The van der Waals surface area contributed by atoms with Crippen LogP contribution in [-0.4, -0.2) is 23.4 Å². The van der Waals surface area contributed by atoms with Gasteiger partial charge in [0.1, 0.15) is 0 Å². The Labute approximate surface area is 164 Å². The molecule has 1 atom stereocenters. The summed E-state index contributed by atoms with van der Waals surface area (Å²) in [6.07, 6.45) is 2.68. The number of nitrogens with zero attached hydrogens (tertiary/aromatic N) is 1. The lowest BCUT2D eigenvalue weighted by Gasteiger charge is -2.32. The van der Waals surface area contributed by atoms with Crippen molar-refractivity contribution < 1.29 is 9.59 Å². The average molecular weight is 386 g/mol. The highest BCUT2D eigenvalue weighted by atomic mass is 35.5. The molecule has 3 amide bonds. The predicted octanol–water partition coefficient (Wildman–Crippen LogP) is 4.74. The number of hydrogen-bond donors (Lipinski definition) is 2. The number of anilines is 1. The summed E-state index contributed by atoms with van der Waals surface area (Å²) in [5, 5.41) is 6.31. The van der Waals surface area contributed by atoms with E-state index in [2.05, 4.69) is 10.6 Å². The van der Waals surface area contributed by atoms with Crippen LogP contribution in [0.3, 0.4) is 0 Å². The molecule has 2 aromatic carbocycles. The van der Waals surface area contributed by atoms with Crippen LogP contribution in [0.15, 0.2) is 48.5 Å². The molecule has 0 bridgehead atoms. The normalized spacial score (nSPS) is 15.3. The maximum atomic E-state index is 12.1. The Morgan fingerprint density at radius 2 is 1.81 bits per heavy atom. The number of carbonyl (C=O) groups excluding carboxylic acids is 2. The quantitative estimate of drug-likeness (QED) is 0.781. The molecule has 1 aliphatic rings. The number of nitrogens with one attached hydrogen (secondary N) is 2. The van der Waals surface area contributed by atoms with Crippen LogP contribution in [0.2, 0.25) is 5.02 Å². The summed E-state index contributed by atoms with van der Waals surface area (Å²) in [5.74, 6) is 0.220.